The molecule has 2 aromatic carbocycles. The summed E-state index contributed by atoms with van der Waals surface area (Å²) in [6.45, 7) is 0.801. The van der Waals surface area contributed by atoms with Gasteiger partial charge in [0, 0.05) is 5.56 Å². The molecule has 1 atom stereocenters. The van der Waals surface area contributed by atoms with Crippen LogP contribution in [0.2, 0.25) is 0 Å². The van der Waals surface area contributed by atoms with Crippen molar-refractivity contribution in [2.75, 3.05) is 20.3 Å². The average molecular weight is 349 g/mol. The van der Waals surface area contributed by atoms with Crippen LogP contribution >= 0.6 is 0 Å². The summed E-state index contributed by atoms with van der Waals surface area (Å²) in [5.74, 6) is 0.156. The lowest BCUT2D eigenvalue weighted by atomic mass is 9.97. The molecule has 1 aliphatic rings. The predicted molar refractivity (Wildman–Crippen MR) is 92.8 cm³/mol. The number of para-hydroxylation sites is 2. The van der Waals surface area contributed by atoms with Crippen molar-refractivity contribution in [3.05, 3.63) is 47.8 Å². The lowest BCUT2D eigenvalue weighted by molar-refractivity contribution is 0.0974. The van der Waals surface area contributed by atoms with Crippen molar-refractivity contribution in [1.82, 2.24) is 9.97 Å². The molecular formula is C19H15N3O4. The van der Waals surface area contributed by atoms with Crippen LogP contribution in [0.25, 0.3) is 11.0 Å². The Morgan fingerprint density at radius 1 is 1.31 bits per heavy atom. The Morgan fingerprint density at radius 2 is 2.12 bits per heavy atom. The van der Waals surface area contributed by atoms with Gasteiger partial charge in [0.25, 0.3) is 0 Å². The van der Waals surface area contributed by atoms with Crippen LogP contribution in [0, 0.1) is 11.3 Å². The largest absolute Gasteiger partial charge is 0.493 e. The number of aromatic amines is 1. The SMILES string of the molecule is COc1cc(C(=O)C(C#N)c2nc3ccccc3[nH]2)cc2c1OCCO2. The Bertz CT molecular complexity index is 985. The van der Waals surface area contributed by atoms with Crippen LogP contribution in [-0.2, 0) is 0 Å². The second-order valence-electron chi connectivity index (χ2n) is 5.77. The fraction of sp³-hybridized carbons (Fsp3) is 0.211. The van der Waals surface area contributed by atoms with E-state index in [4.69, 9.17) is 14.2 Å². The Labute approximate surface area is 149 Å². The van der Waals surface area contributed by atoms with Crippen LogP contribution in [0.3, 0.4) is 0 Å². The number of nitriles is 1. The molecule has 7 heteroatoms. The number of ketones is 1. The summed E-state index contributed by atoms with van der Waals surface area (Å²) >= 11 is 0. The number of rotatable bonds is 4. The second-order valence-corrected chi connectivity index (χ2v) is 5.77. The number of ether oxygens (including phenoxy) is 3. The van der Waals surface area contributed by atoms with Gasteiger partial charge in [-0.05, 0) is 24.3 Å². The number of imidazole rings is 1. The standard InChI is InChI=1S/C19H15N3O4/c1-24-15-8-11(9-16-18(15)26-7-6-25-16)17(23)12(10-20)19-21-13-4-2-3-5-14(13)22-19/h2-5,8-9,12H,6-7H2,1H3,(H,21,22). The first kappa shape index (κ1) is 16.0. The molecule has 0 bridgehead atoms. The summed E-state index contributed by atoms with van der Waals surface area (Å²) in [6, 6.07) is 12.5. The molecule has 1 unspecified atom stereocenters. The maximum Gasteiger partial charge on any atom is 0.203 e. The molecule has 26 heavy (non-hydrogen) atoms. The van der Waals surface area contributed by atoms with Crippen molar-refractivity contribution >= 4 is 16.8 Å². The highest BCUT2D eigenvalue weighted by atomic mass is 16.6. The minimum atomic E-state index is -1.06. The van der Waals surface area contributed by atoms with Crippen molar-refractivity contribution in [2.24, 2.45) is 0 Å². The average Bonchev–Trinajstić information content (AvgIpc) is 3.11. The fourth-order valence-electron chi connectivity index (χ4n) is 2.94. The third-order valence-corrected chi connectivity index (χ3v) is 4.18. The van der Waals surface area contributed by atoms with Gasteiger partial charge in [0.15, 0.2) is 23.2 Å². The van der Waals surface area contributed by atoms with Crippen LogP contribution in [-0.4, -0.2) is 36.1 Å². The maximum atomic E-state index is 13.0. The van der Waals surface area contributed by atoms with Gasteiger partial charge in [0.05, 0.1) is 24.2 Å². The zero-order chi connectivity index (χ0) is 18.1. The number of Topliss-reactive ketones (excluding diaryl/α,β-unsaturated/α-hetero) is 1. The second kappa shape index (κ2) is 6.41. The van der Waals surface area contributed by atoms with Crippen molar-refractivity contribution in [3.63, 3.8) is 0 Å². The fourth-order valence-corrected chi connectivity index (χ4v) is 2.94. The van der Waals surface area contributed by atoms with Gasteiger partial charge in [-0.2, -0.15) is 5.26 Å². The van der Waals surface area contributed by atoms with Crippen molar-refractivity contribution in [3.8, 4) is 23.3 Å². The molecule has 0 spiro atoms. The van der Waals surface area contributed by atoms with Crippen molar-refractivity contribution in [2.45, 2.75) is 5.92 Å². The van der Waals surface area contributed by atoms with Gasteiger partial charge in [-0.25, -0.2) is 4.98 Å². The molecule has 1 N–H and O–H groups in total. The quantitative estimate of drug-likeness (QED) is 0.728. The van der Waals surface area contributed by atoms with Gasteiger partial charge in [0.2, 0.25) is 5.75 Å². The Balaban J connectivity index is 1.74. The molecule has 0 amide bonds. The van der Waals surface area contributed by atoms with Gasteiger partial charge in [-0.1, -0.05) is 12.1 Å². The summed E-state index contributed by atoms with van der Waals surface area (Å²) in [5.41, 5.74) is 1.78. The van der Waals surface area contributed by atoms with E-state index in [1.807, 2.05) is 30.3 Å². The summed E-state index contributed by atoms with van der Waals surface area (Å²) in [6.07, 6.45) is 0. The minimum Gasteiger partial charge on any atom is -0.493 e. The van der Waals surface area contributed by atoms with Crippen LogP contribution in [0.15, 0.2) is 36.4 Å². The molecule has 130 valence electrons. The number of nitrogens with one attached hydrogen (secondary N) is 1. The lowest BCUT2D eigenvalue weighted by Crippen LogP contribution is -2.18. The molecule has 0 saturated carbocycles. The molecule has 1 aromatic heterocycles. The Morgan fingerprint density at radius 3 is 2.88 bits per heavy atom. The zero-order valence-electron chi connectivity index (χ0n) is 14.0. The van der Waals surface area contributed by atoms with E-state index < -0.39 is 5.92 Å². The molecule has 0 fully saturated rings. The highest BCUT2D eigenvalue weighted by Crippen LogP contribution is 2.41. The molecule has 3 aromatic rings. The molecular weight excluding hydrogens is 334 g/mol. The highest BCUT2D eigenvalue weighted by Gasteiger charge is 2.28. The Hall–Kier alpha value is -3.53. The van der Waals surface area contributed by atoms with Gasteiger partial charge in [-0.3, -0.25) is 4.79 Å². The number of nitrogens with zero attached hydrogens (tertiary/aromatic N) is 2. The number of hydrogen-bond donors (Lipinski definition) is 1. The lowest BCUT2D eigenvalue weighted by Gasteiger charge is -2.21. The summed E-state index contributed by atoms with van der Waals surface area (Å²) in [7, 11) is 1.49. The summed E-state index contributed by atoms with van der Waals surface area (Å²) < 4.78 is 16.4. The Kier molecular flexibility index (Phi) is 3.93. The van der Waals surface area contributed by atoms with E-state index in [-0.39, 0.29) is 5.78 Å². The molecule has 2 heterocycles. The van der Waals surface area contributed by atoms with E-state index in [1.54, 1.807) is 12.1 Å². The van der Waals surface area contributed by atoms with Gasteiger partial charge in [-0.15, -0.1) is 0 Å². The number of benzene rings is 2. The third kappa shape index (κ3) is 2.62. The van der Waals surface area contributed by atoms with Crippen LogP contribution < -0.4 is 14.2 Å². The number of fused-ring (bicyclic) bond motifs is 2. The summed E-state index contributed by atoms with van der Waals surface area (Å²) in [5, 5.41) is 9.58. The van der Waals surface area contributed by atoms with E-state index in [0.717, 1.165) is 5.52 Å². The normalized spacial score (nSPS) is 13.8. The number of aromatic nitrogens is 2. The first-order chi connectivity index (χ1) is 12.7. The predicted octanol–water partition coefficient (Wildman–Crippen LogP) is 2.83. The molecule has 7 nitrogen and oxygen atoms in total. The van der Waals surface area contributed by atoms with Crippen LogP contribution in [0.1, 0.15) is 22.1 Å². The van der Waals surface area contributed by atoms with Crippen molar-refractivity contribution < 1.29 is 19.0 Å². The number of carbonyl (C=O) groups is 1. The van der Waals surface area contributed by atoms with Crippen LogP contribution in [0.4, 0.5) is 0 Å². The summed E-state index contributed by atoms with van der Waals surface area (Å²) in [4.78, 5) is 20.4. The smallest absolute Gasteiger partial charge is 0.203 e. The third-order valence-electron chi connectivity index (χ3n) is 4.18. The number of methoxy groups -OCH3 is 1. The van der Waals surface area contributed by atoms with Gasteiger partial charge < -0.3 is 19.2 Å². The van der Waals surface area contributed by atoms with Crippen molar-refractivity contribution in [1.29, 1.82) is 5.26 Å². The van der Waals surface area contributed by atoms with E-state index in [0.29, 0.717) is 47.4 Å². The molecule has 1 aliphatic heterocycles. The van der Waals surface area contributed by atoms with Crippen LogP contribution in [0.5, 0.6) is 17.2 Å². The van der Waals surface area contributed by atoms with Gasteiger partial charge >= 0.3 is 0 Å². The number of hydrogen-bond acceptors (Lipinski definition) is 6. The molecule has 0 saturated heterocycles. The number of carbonyl (C=O) groups excluding carboxylic acids is 1. The highest BCUT2D eigenvalue weighted by molar-refractivity contribution is 6.03. The molecule has 4 rings (SSSR count). The first-order valence-corrected chi connectivity index (χ1v) is 8.07. The topological polar surface area (TPSA) is 97.2 Å². The van der Waals surface area contributed by atoms with E-state index in [1.165, 1.54) is 7.11 Å². The first-order valence-electron chi connectivity index (χ1n) is 8.07. The van der Waals surface area contributed by atoms with Gasteiger partial charge in [0.1, 0.15) is 19.0 Å². The van der Waals surface area contributed by atoms with E-state index in [2.05, 4.69) is 9.97 Å². The molecule has 0 radical (unpaired) electrons. The maximum absolute atomic E-state index is 13.0. The van der Waals surface area contributed by atoms with E-state index >= 15 is 0 Å². The monoisotopic (exact) mass is 349 g/mol. The van der Waals surface area contributed by atoms with E-state index in [9.17, 15) is 10.1 Å². The molecule has 0 aliphatic carbocycles. The zero-order valence-corrected chi connectivity index (χ0v) is 14.0. The minimum absolute atomic E-state index is 0.304. The number of H-pyrrole nitrogens is 1.